The highest BCUT2D eigenvalue weighted by Gasteiger charge is 2.17. The van der Waals surface area contributed by atoms with Crippen molar-refractivity contribution in [1.82, 2.24) is 10.6 Å². The van der Waals surface area contributed by atoms with Crippen LogP contribution in [0.5, 0.6) is 0 Å². The summed E-state index contributed by atoms with van der Waals surface area (Å²) in [4.78, 5) is 4.65. The fraction of sp³-hybridized carbons (Fsp3) is 0.550. The fourth-order valence-electron chi connectivity index (χ4n) is 2.96. The second-order valence-electron chi connectivity index (χ2n) is 6.63. The number of rotatable bonds is 8. The maximum Gasteiger partial charge on any atom is 0.191 e. The van der Waals surface area contributed by atoms with Gasteiger partial charge in [0.1, 0.15) is 11.3 Å². The highest BCUT2D eigenvalue weighted by molar-refractivity contribution is 14.0. The van der Waals surface area contributed by atoms with Crippen molar-refractivity contribution in [1.29, 1.82) is 0 Å². The van der Waals surface area contributed by atoms with E-state index in [1.165, 1.54) is 0 Å². The molecule has 2 N–H and O–H groups in total. The summed E-state index contributed by atoms with van der Waals surface area (Å²) in [6.45, 7) is 7.80. The highest BCUT2D eigenvalue weighted by atomic mass is 127. The Morgan fingerprint density at radius 3 is 2.96 bits per heavy atom. The molecule has 1 aromatic carbocycles. The zero-order valence-corrected chi connectivity index (χ0v) is 18.4. The molecule has 27 heavy (non-hydrogen) atoms. The largest absolute Gasteiger partial charge is 0.461 e. The van der Waals surface area contributed by atoms with Gasteiger partial charge in [-0.15, -0.1) is 24.0 Å². The average molecular weight is 487 g/mol. The van der Waals surface area contributed by atoms with Gasteiger partial charge >= 0.3 is 0 Å². The van der Waals surface area contributed by atoms with E-state index >= 15 is 0 Å². The van der Waals surface area contributed by atoms with Crippen molar-refractivity contribution in [2.75, 3.05) is 32.9 Å². The summed E-state index contributed by atoms with van der Waals surface area (Å²) in [5.41, 5.74) is 0.929. The third-order valence-electron chi connectivity index (χ3n) is 4.30. The van der Waals surface area contributed by atoms with Gasteiger partial charge in [-0.2, -0.15) is 0 Å². The minimum Gasteiger partial charge on any atom is -0.461 e. The lowest BCUT2D eigenvalue weighted by molar-refractivity contribution is 0.0347. The number of hydrogen-bond acceptors (Lipinski definition) is 4. The number of nitrogens with one attached hydrogen (secondary N) is 2. The molecule has 0 spiro atoms. The van der Waals surface area contributed by atoms with Crippen molar-refractivity contribution in [3.8, 4) is 0 Å². The molecule has 1 saturated heterocycles. The minimum atomic E-state index is 0. The lowest BCUT2D eigenvalue weighted by Crippen LogP contribution is -2.44. The predicted molar refractivity (Wildman–Crippen MR) is 119 cm³/mol. The van der Waals surface area contributed by atoms with E-state index in [4.69, 9.17) is 13.9 Å². The summed E-state index contributed by atoms with van der Waals surface area (Å²) in [5.74, 6) is 1.77. The molecule has 1 aromatic heterocycles. The molecule has 2 aromatic rings. The summed E-state index contributed by atoms with van der Waals surface area (Å²) in [6, 6.07) is 10.3. The van der Waals surface area contributed by atoms with E-state index in [1.807, 2.05) is 18.2 Å². The Morgan fingerprint density at radius 2 is 2.22 bits per heavy atom. The molecule has 0 radical (unpaired) electrons. The number of halogens is 1. The van der Waals surface area contributed by atoms with Crippen LogP contribution < -0.4 is 10.6 Å². The van der Waals surface area contributed by atoms with E-state index in [1.54, 1.807) is 0 Å². The summed E-state index contributed by atoms with van der Waals surface area (Å²) in [6.07, 6.45) is 1.99. The van der Waals surface area contributed by atoms with Crippen LogP contribution in [0.3, 0.4) is 0 Å². The molecular weight excluding hydrogens is 457 g/mol. The number of para-hydroxylation sites is 1. The molecule has 7 heteroatoms. The van der Waals surface area contributed by atoms with Crippen LogP contribution in [0, 0.1) is 0 Å². The van der Waals surface area contributed by atoms with Gasteiger partial charge in [0.15, 0.2) is 5.96 Å². The zero-order valence-electron chi connectivity index (χ0n) is 16.1. The van der Waals surface area contributed by atoms with Crippen molar-refractivity contribution < 1.29 is 13.9 Å². The van der Waals surface area contributed by atoms with Crippen molar-refractivity contribution in [3.63, 3.8) is 0 Å². The zero-order chi connectivity index (χ0) is 18.2. The van der Waals surface area contributed by atoms with Crippen molar-refractivity contribution in [3.05, 3.63) is 36.1 Å². The normalized spacial score (nSPS) is 18.3. The second kappa shape index (κ2) is 11.5. The van der Waals surface area contributed by atoms with Crippen molar-refractivity contribution in [2.24, 2.45) is 4.99 Å². The molecule has 1 fully saturated rings. The standard InChI is InChI=1S/C20H29N3O3.HI/c1-3-21-20(23-15(2)13-25-18-9-11-24-14-18)22-10-8-17-12-16-6-4-5-7-19(16)26-17;/h4-7,12,15,18H,3,8-11,13-14H2,1-2H3,(H2,21,22,23);1H. The van der Waals surface area contributed by atoms with E-state index in [2.05, 4.69) is 41.6 Å². The van der Waals surface area contributed by atoms with Crippen LogP contribution in [0.1, 0.15) is 26.0 Å². The van der Waals surface area contributed by atoms with Gasteiger partial charge in [-0.05, 0) is 32.4 Å². The smallest absolute Gasteiger partial charge is 0.191 e. The van der Waals surface area contributed by atoms with Gasteiger partial charge in [0.25, 0.3) is 0 Å². The summed E-state index contributed by atoms with van der Waals surface area (Å²) >= 11 is 0. The number of ether oxygens (including phenoxy) is 2. The van der Waals surface area contributed by atoms with Crippen LogP contribution in [-0.2, 0) is 15.9 Å². The Labute approximate surface area is 178 Å². The van der Waals surface area contributed by atoms with E-state index in [0.717, 1.165) is 48.7 Å². The van der Waals surface area contributed by atoms with Crippen LogP contribution in [0.4, 0.5) is 0 Å². The number of guanidine groups is 1. The monoisotopic (exact) mass is 487 g/mol. The molecule has 0 bridgehead atoms. The molecular formula is C20H30IN3O3. The first kappa shape index (κ1) is 22.0. The lowest BCUT2D eigenvalue weighted by Gasteiger charge is -2.19. The summed E-state index contributed by atoms with van der Waals surface area (Å²) in [7, 11) is 0. The van der Waals surface area contributed by atoms with Gasteiger partial charge in [-0.25, -0.2) is 0 Å². The quantitative estimate of drug-likeness (QED) is 0.340. The molecule has 1 aliphatic rings. The van der Waals surface area contributed by atoms with Crippen molar-refractivity contribution in [2.45, 2.75) is 38.8 Å². The third-order valence-corrected chi connectivity index (χ3v) is 4.30. The fourth-order valence-corrected chi connectivity index (χ4v) is 2.96. The summed E-state index contributed by atoms with van der Waals surface area (Å²) < 4.78 is 17.0. The predicted octanol–water partition coefficient (Wildman–Crippen LogP) is 3.34. The average Bonchev–Trinajstić information content (AvgIpc) is 3.29. The molecule has 6 nitrogen and oxygen atoms in total. The maximum atomic E-state index is 5.87. The van der Waals surface area contributed by atoms with Crippen LogP contribution in [-0.4, -0.2) is 51.0 Å². The topological polar surface area (TPSA) is 68.0 Å². The molecule has 0 aliphatic carbocycles. The van der Waals surface area contributed by atoms with Gasteiger partial charge in [0.05, 0.1) is 19.3 Å². The molecule has 3 rings (SSSR count). The molecule has 0 amide bonds. The SMILES string of the molecule is CCNC(=NCCc1cc2ccccc2o1)NC(C)COC1CCOC1.I. The van der Waals surface area contributed by atoms with Crippen molar-refractivity contribution >= 4 is 40.9 Å². The van der Waals surface area contributed by atoms with E-state index < -0.39 is 0 Å². The Hall–Kier alpha value is -1.32. The van der Waals surface area contributed by atoms with E-state index in [9.17, 15) is 0 Å². The summed E-state index contributed by atoms with van der Waals surface area (Å²) in [5, 5.41) is 7.82. The highest BCUT2D eigenvalue weighted by Crippen LogP contribution is 2.19. The van der Waals surface area contributed by atoms with Gasteiger partial charge in [0.2, 0.25) is 0 Å². The Bertz CT molecular complexity index is 680. The number of benzene rings is 1. The number of fused-ring (bicyclic) bond motifs is 1. The molecule has 0 saturated carbocycles. The Balaban J connectivity index is 0.00000261. The van der Waals surface area contributed by atoms with Gasteiger partial charge in [-0.1, -0.05) is 18.2 Å². The maximum absolute atomic E-state index is 5.87. The number of aliphatic imine (C=N–C) groups is 1. The number of furan rings is 1. The van der Waals surface area contributed by atoms with Crippen LogP contribution in [0.15, 0.2) is 39.7 Å². The first-order valence-electron chi connectivity index (χ1n) is 9.46. The van der Waals surface area contributed by atoms with Gasteiger partial charge in [-0.3, -0.25) is 4.99 Å². The first-order valence-corrected chi connectivity index (χ1v) is 9.46. The molecule has 2 unspecified atom stereocenters. The molecule has 2 atom stereocenters. The number of hydrogen-bond donors (Lipinski definition) is 2. The van der Waals surface area contributed by atoms with Crippen LogP contribution >= 0.6 is 24.0 Å². The molecule has 2 heterocycles. The van der Waals surface area contributed by atoms with E-state index in [0.29, 0.717) is 19.8 Å². The Kier molecular flexibility index (Phi) is 9.36. The molecule has 1 aliphatic heterocycles. The number of nitrogens with zero attached hydrogens (tertiary/aromatic N) is 1. The van der Waals surface area contributed by atoms with Gasteiger partial charge in [0, 0.05) is 37.5 Å². The first-order chi connectivity index (χ1) is 12.7. The second-order valence-corrected chi connectivity index (χ2v) is 6.63. The third kappa shape index (κ3) is 6.97. The van der Waals surface area contributed by atoms with E-state index in [-0.39, 0.29) is 36.1 Å². The minimum absolute atomic E-state index is 0. The lowest BCUT2D eigenvalue weighted by atomic mass is 10.2. The Morgan fingerprint density at radius 1 is 1.37 bits per heavy atom. The van der Waals surface area contributed by atoms with Crippen LogP contribution in [0.2, 0.25) is 0 Å². The van der Waals surface area contributed by atoms with Crippen LogP contribution in [0.25, 0.3) is 11.0 Å². The van der Waals surface area contributed by atoms with Gasteiger partial charge < -0.3 is 24.5 Å². The molecule has 150 valence electrons.